The molecule has 1 atom stereocenters. The van der Waals surface area contributed by atoms with Crippen LogP contribution >= 0.6 is 12.2 Å². The largest absolute Gasteiger partial charge is 0.462 e. The maximum Gasteiger partial charge on any atom is 0.338 e. The van der Waals surface area contributed by atoms with Crippen LogP contribution in [0.2, 0.25) is 0 Å². The summed E-state index contributed by atoms with van der Waals surface area (Å²) in [5, 5.41) is 6.75. The minimum absolute atomic E-state index is 0.0292. The normalized spacial score (nSPS) is 16.2. The van der Waals surface area contributed by atoms with Crippen molar-refractivity contribution in [3.05, 3.63) is 41.1 Å². The fourth-order valence-electron chi connectivity index (χ4n) is 3.54. The van der Waals surface area contributed by atoms with Gasteiger partial charge in [-0.15, -0.1) is 0 Å². The number of nitrogens with one attached hydrogen (secondary N) is 2. The second kappa shape index (κ2) is 12.6. The van der Waals surface area contributed by atoms with Gasteiger partial charge in [0, 0.05) is 24.9 Å². The number of allylic oxidation sites excluding steroid dienone is 1. The third-order valence-corrected chi connectivity index (χ3v) is 5.95. The standard InChI is InChI=1S/C25H37N3O3S/c1-6-7-8-9-10-11-21(29)26-20-14-12-19(13-15-20)23-22(24(30)31-16-17(2)3)18(4)28(5)25(32)27-23/h12-15,17,23H,6-11,16H2,1-5H3,(H,26,29)(H,27,32). The molecule has 0 spiro atoms. The van der Waals surface area contributed by atoms with E-state index in [1.807, 2.05) is 52.1 Å². The van der Waals surface area contributed by atoms with E-state index in [1.54, 1.807) is 4.90 Å². The Bertz CT molecular complexity index is 833. The number of unbranched alkanes of at least 4 members (excludes halogenated alkanes) is 4. The predicted octanol–water partition coefficient (Wildman–Crippen LogP) is 5.32. The summed E-state index contributed by atoms with van der Waals surface area (Å²) in [7, 11) is 1.83. The lowest BCUT2D eigenvalue weighted by Crippen LogP contribution is -2.46. The molecule has 6 nitrogen and oxygen atoms in total. The molecule has 1 aliphatic heterocycles. The molecule has 176 valence electrons. The Labute approximate surface area is 197 Å². The summed E-state index contributed by atoms with van der Waals surface area (Å²) in [6.07, 6.45) is 6.12. The molecule has 0 saturated carbocycles. The lowest BCUT2D eigenvalue weighted by Gasteiger charge is -2.35. The highest BCUT2D eigenvalue weighted by atomic mass is 32.1. The molecule has 0 aromatic heterocycles. The quantitative estimate of drug-likeness (QED) is 0.265. The number of hydrogen-bond donors (Lipinski definition) is 2. The summed E-state index contributed by atoms with van der Waals surface area (Å²) in [5.41, 5.74) is 2.94. The molecule has 1 aromatic rings. The Morgan fingerprint density at radius 1 is 1.16 bits per heavy atom. The van der Waals surface area contributed by atoms with Crippen molar-refractivity contribution in [3.63, 3.8) is 0 Å². The SMILES string of the molecule is CCCCCCCC(=O)Nc1ccc(C2NC(=S)N(C)C(C)=C2C(=O)OCC(C)C)cc1. The van der Waals surface area contributed by atoms with Gasteiger partial charge in [0.15, 0.2) is 5.11 Å². The van der Waals surface area contributed by atoms with E-state index in [9.17, 15) is 9.59 Å². The smallest absolute Gasteiger partial charge is 0.338 e. The molecule has 0 fully saturated rings. The molecule has 1 aromatic carbocycles. The van der Waals surface area contributed by atoms with E-state index in [1.165, 1.54) is 19.3 Å². The summed E-state index contributed by atoms with van der Waals surface area (Å²) in [5.74, 6) is -0.0618. The number of nitrogens with zero attached hydrogens (tertiary/aromatic N) is 1. The van der Waals surface area contributed by atoms with Gasteiger partial charge < -0.3 is 20.3 Å². The molecular formula is C25H37N3O3S. The summed E-state index contributed by atoms with van der Waals surface area (Å²) in [6.45, 7) is 8.43. The van der Waals surface area contributed by atoms with Crippen LogP contribution in [0.4, 0.5) is 5.69 Å². The molecule has 7 heteroatoms. The molecule has 1 unspecified atom stereocenters. The van der Waals surface area contributed by atoms with Crippen molar-refractivity contribution < 1.29 is 14.3 Å². The molecule has 0 bridgehead atoms. The number of hydrogen-bond acceptors (Lipinski definition) is 4. The van der Waals surface area contributed by atoms with Gasteiger partial charge >= 0.3 is 5.97 Å². The van der Waals surface area contributed by atoms with Crippen molar-refractivity contribution in [2.75, 3.05) is 19.0 Å². The average Bonchev–Trinajstić information content (AvgIpc) is 2.76. The summed E-state index contributed by atoms with van der Waals surface area (Å²) in [4.78, 5) is 26.9. The van der Waals surface area contributed by atoms with Crippen LogP contribution < -0.4 is 10.6 Å². The van der Waals surface area contributed by atoms with Crippen molar-refractivity contribution >= 4 is 34.9 Å². The molecule has 32 heavy (non-hydrogen) atoms. The molecule has 2 N–H and O–H groups in total. The molecule has 2 rings (SSSR count). The Hall–Kier alpha value is -2.41. The van der Waals surface area contributed by atoms with Crippen molar-refractivity contribution in [2.24, 2.45) is 5.92 Å². The third kappa shape index (κ3) is 7.33. The molecule has 1 heterocycles. The van der Waals surface area contributed by atoms with Crippen LogP contribution in [-0.4, -0.2) is 35.5 Å². The lowest BCUT2D eigenvalue weighted by molar-refractivity contribution is -0.140. The van der Waals surface area contributed by atoms with E-state index in [2.05, 4.69) is 17.6 Å². The van der Waals surface area contributed by atoms with Crippen LogP contribution in [0.5, 0.6) is 0 Å². The number of amides is 1. The number of esters is 1. The molecule has 1 aliphatic rings. The maximum absolute atomic E-state index is 12.9. The number of benzene rings is 1. The van der Waals surface area contributed by atoms with Gasteiger partial charge in [-0.1, -0.05) is 58.6 Å². The monoisotopic (exact) mass is 459 g/mol. The van der Waals surface area contributed by atoms with Gasteiger partial charge in [0.2, 0.25) is 5.91 Å². The van der Waals surface area contributed by atoms with E-state index in [4.69, 9.17) is 17.0 Å². The zero-order valence-electron chi connectivity index (χ0n) is 20.0. The summed E-state index contributed by atoms with van der Waals surface area (Å²) >= 11 is 5.45. The zero-order chi connectivity index (χ0) is 23.7. The molecule has 0 saturated heterocycles. The van der Waals surface area contributed by atoms with Crippen LogP contribution in [0.3, 0.4) is 0 Å². The van der Waals surface area contributed by atoms with Crippen LogP contribution in [0.25, 0.3) is 0 Å². The number of carbonyl (C=O) groups excluding carboxylic acids is 2. The second-order valence-electron chi connectivity index (χ2n) is 8.77. The van der Waals surface area contributed by atoms with Gasteiger partial charge in [-0.25, -0.2) is 4.79 Å². The lowest BCUT2D eigenvalue weighted by atomic mass is 9.95. The van der Waals surface area contributed by atoms with Gasteiger partial charge in [-0.3, -0.25) is 4.79 Å². The van der Waals surface area contributed by atoms with Crippen molar-refractivity contribution in [1.29, 1.82) is 0 Å². The summed E-state index contributed by atoms with van der Waals surface area (Å²) < 4.78 is 5.52. The molecule has 0 aliphatic carbocycles. The Kier molecular flexibility index (Phi) is 10.2. The number of carbonyl (C=O) groups is 2. The van der Waals surface area contributed by atoms with Gasteiger partial charge in [0.1, 0.15) is 0 Å². The van der Waals surface area contributed by atoms with E-state index in [0.29, 0.717) is 23.7 Å². The Morgan fingerprint density at radius 3 is 2.44 bits per heavy atom. The van der Waals surface area contributed by atoms with E-state index >= 15 is 0 Å². The van der Waals surface area contributed by atoms with Gasteiger partial charge in [0.05, 0.1) is 18.2 Å². The van der Waals surface area contributed by atoms with Crippen LogP contribution in [0, 0.1) is 5.92 Å². The minimum Gasteiger partial charge on any atom is -0.462 e. The van der Waals surface area contributed by atoms with E-state index in [-0.39, 0.29) is 17.8 Å². The van der Waals surface area contributed by atoms with Crippen molar-refractivity contribution in [2.45, 2.75) is 72.3 Å². The molecule has 1 amide bonds. The first-order chi connectivity index (χ1) is 15.2. The molecule has 0 radical (unpaired) electrons. The highest BCUT2D eigenvalue weighted by molar-refractivity contribution is 7.80. The van der Waals surface area contributed by atoms with Crippen LogP contribution in [0.1, 0.15) is 77.8 Å². The Morgan fingerprint density at radius 2 is 1.81 bits per heavy atom. The topological polar surface area (TPSA) is 70.7 Å². The highest BCUT2D eigenvalue weighted by Gasteiger charge is 2.33. The first-order valence-electron chi connectivity index (χ1n) is 11.6. The highest BCUT2D eigenvalue weighted by Crippen LogP contribution is 2.31. The third-order valence-electron chi connectivity index (χ3n) is 5.56. The van der Waals surface area contributed by atoms with Gasteiger partial charge in [0.25, 0.3) is 0 Å². The predicted molar refractivity (Wildman–Crippen MR) is 133 cm³/mol. The van der Waals surface area contributed by atoms with Gasteiger partial charge in [-0.2, -0.15) is 0 Å². The minimum atomic E-state index is -0.401. The number of anilines is 1. The fourth-order valence-corrected chi connectivity index (χ4v) is 3.80. The van der Waals surface area contributed by atoms with Crippen LogP contribution in [0.15, 0.2) is 35.5 Å². The number of thiocarbonyl (C=S) groups is 1. The van der Waals surface area contributed by atoms with Crippen molar-refractivity contribution in [3.8, 4) is 0 Å². The zero-order valence-corrected chi connectivity index (χ0v) is 20.8. The van der Waals surface area contributed by atoms with Crippen LogP contribution in [-0.2, 0) is 14.3 Å². The fraction of sp³-hybridized carbons (Fsp3) is 0.560. The molecular weight excluding hydrogens is 422 g/mol. The second-order valence-corrected chi connectivity index (χ2v) is 9.15. The number of rotatable bonds is 11. The average molecular weight is 460 g/mol. The van der Waals surface area contributed by atoms with E-state index < -0.39 is 6.04 Å². The van der Waals surface area contributed by atoms with E-state index in [0.717, 1.165) is 29.8 Å². The van der Waals surface area contributed by atoms with Gasteiger partial charge in [-0.05, 0) is 49.2 Å². The van der Waals surface area contributed by atoms with Crippen molar-refractivity contribution in [1.82, 2.24) is 10.2 Å². The maximum atomic E-state index is 12.9. The first kappa shape index (κ1) is 25.8. The Balaban J connectivity index is 2.09. The number of ether oxygens (including phenoxy) is 1. The summed E-state index contributed by atoms with van der Waals surface area (Å²) in [6, 6.07) is 7.14. The first-order valence-corrected chi connectivity index (χ1v) is 12.0.